The Kier molecular flexibility index (Phi) is 2.07. The van der Waals surface area contributed by atoms with Gasteiger partial charge in [0.15, 0.2) is 10.8 Å². The molecule has 0 bridgehead atoms. The van der Waals surface area contributed by atoms with Crippen molar-refractivity contribution < 1.29 is 9.90 Å². The first-order chi connectivity index (χ1) is 6.20. The number of hydrogen-bond donors (Lipinski definition) is 2. The zero-order chi connectivity index (χ0) is 9.42. The van der Waals surface area contributed by atoms with Gasteiger partial charge in [-0.1, -0.05) is 11.3 Å². The molecule has 0 radical (unpaired) electrons. The molecule has 5 heteroatoms. The molecule has 2 aromatic heterocycles. The second kappa shape index (κ2) is 3.10. The van der Waals surface area contributed by atoms with Crippen molar-refractivity contribution in [3.05, 3.63) is 17.0 Å². The van der Waals surface area contributed by atoms with Crippen molar-refractivity contribution in [2.45, 2.75) is 0 Å². The first kappa shape index (κ1) is 8.68. The zero-order valence-electron chi connectivity index (χ0n) is 6.61. The van der Waals surface area contributed by atoms with Crippen LogP contribution in [-0.2, 0) is 0 Å². The van der Waals surface area contributed by atoms with E-state index in [2.05, 4.69) is 0 Å². The molecule has 2 heterocycles. The predicted octanol–water partition coefficient (Wildman–Crippen LogP) is 1.81. The van der Waals surface area contributed by atoms with Crippen molar-refractivity contribution in [2.24, 2.45) is 5.73 Å². The van der Waals surface area contributed by atoms with Crippen LogP contribution in [0.3, 0.4) is 0 Å². The molecule has 0 aliphatic rings. The van der Waals surface area contributed by atoms with Crippen molar-refractivity contribution in [1.29, 1.82) is 0 Å². The summed E-state index contributed by atoms with van der Waals surface area (Å²) in [6.45, 7) is 0.0414. The highest BCUT2D eigenvalue weighted by molar-refractivity contribution is 7.29. The number of carbonyl (C=O) groups is 1. The molecule has 0 spiro atoms. The Balaban J connectivity index is 2.51. The molecule has 0 fully saturated rings. The number of rotatable bonds is 2. The summed E-state index contributed by atoms with van der Waals surface area (Å²) in [4.78, 5) is 11.9. The Morgan fingerprint density at radius 2 is 2.08 bits per heavy atom. The maximum absolute atomic E-state index is 11.2. The number of ketones is 1. The molecule has 0 aliphatic heterocycles. The highest BCUT2D eigenvalue weighted by Gasteiger charge is 2.10. The van der Waals surface area contributed by atoms with Crippen LogP contribution < -0.4 is 5.73 Å². The molecular weight excluding hydrogens is 206 g/mol. The Morgan fingerprint density at radius 3 is 2.69 bits per heavy atom. The largest absolute Gasteiger partial charge is 0.499 e. The van der Waals surface area contributed by atoms with Crippen molar-refractivity contribution in [3.8, 4) is 5.06 Å². The Labute approximate surface area is 82.4 Å². The summed E-state index contributed by atoms with van der Waals surface area (Å²) in [7, 11) is 0. The van der Waals surface area contributed by atoms with E-state index in [4.69, 9.17) is 10.8 Å². The minimum absolute atomic E-state index is 0.0414. The van der Waals surface area contributed by atoms with Crippen LogP contribution in [-0.4, -0.2) is 17.4 Å². The fraction of sp³-hybridized carbons (Fsp3) is 0.125. The molecule has 0 amide bonds. The van der Waals surface area contributed by atoms with Crippen LogP contribution in [0.4, 0.5) is 0 Å². The zero-order valence-corrected chi connectivity index (χ0v) is 8.24. The lowest BCUT2D eigenvalue weighted by atomic mass is 10.3. The second-order valence-electron chi connectivity index (χ2n) is 2.55. The molecule has 3 N–H and O–H groups in total. The van der Waals surface area contributed by atoms with Crippen molar-refractivity contribution in [3.63, 3.8) is 0 Å². The fourth-order valence-electron chi connectivity index (χ4n) is 1.06. The van der Waals surface area contributed by atoms with E-state index in [9.17, 15) is 4.79 Å². The maximum Gasteiger partial charge on any atom is 0.186 e. The van der Waals surface area contributed by atoms with Gasteiger partial charge in [-0.25, -0.2) is 0 Å². The van der Waals surface area contributed by atoms with Gasteiger partial charge in [0, 0.05) is 15.5 Å². The molecule has 2 rings (SSSR count). The van der Waals surface area contributed by atoms with Gasteiger partial charge in [0.1, 0.15) is 0 Å². The Morgan fingerprint density at radius 1 is 1.38 bits per heavy atom. The van der Waals surface area contributed by atoms with Crippen LogP contribution >= 0.6 is 22.7 Å². The van der Waals surface area contributed by atoms with Crippen LogP contribution in [0.15, 0.2) is 12.1 Å². The number of aromatic hydroxyl groups is 1. The molecular formula is C8H7NO2S2. The van der Waals surface area contributed by atoms with Gasteiger partial charge in [0.2, 0.25) is 0 Å². The van der Waals surface area contributed by atoms with Crippen LogP contribution in [0.5, 0.6) is 5.06 Å². The van der Waals surface area contributed by atoms with Gasteiger partial charge >= 0.3 is 0 Å². The van der Waals surface area contributed by atoms with Gasteiger partial charge in [-0.3, -0.25) is 4.79 Å². The smallest absolute Gasteiger partial charge is 0.186 e. The summed E-state index contributed by atoms with van der Waals surface area (Å²) in [6.07, 6.45) is 0. The van der Waals surface area contributed by atoms with E-state index in [0.29, 0.717) is 4.88 Å². The second-order valence-corrected chi connectivity index (χ2v) is 4.70. The van der Waals surface area contributed by atoms with Gasteiger partial charge < -0.3 is 10.8 Å². The average Bonchev–Trinajstić information content (AvgIpc) is 2.59. The van der Waals surface area contributed by atoms with Gasteiger partial charge in [0.25, 0.3) is 0 Å². The van der Waals surface area contributed by atoms with Gasteiger partial charge in [0.05, 0.1) is 11.4 Å². The molecule has 0 aromatic carbocycles. The number of fused-ring (bicyclic) bond motifs is 1. The SMILES string of the molecule is NCC(=O)c1cc2sc(O)cc2s1. The standard InChI is InChI=1S/C8H7NO2S2/c9-3-4(10)5-1-6-7(12-5)2-8(11)13-6/h1-2,11H,3,9H2. The fourth-order valence-corrected chi connectivity index (χ4v) is 3.14. The lowest BCUT2D eigenvalue weighted by Crippen LogP contribution is -2.11. The highest BCUT2D eigenvalue weighted by Crippen LogP contribution is 2.36. The topological polar surface area (TPSA) is 63.3 Å². The molecule has 0 atom stereocenters. The van der Waals surface area contributed by atoms with Crippen LogP contribution in [0.2, 0.25) is 0 Å². The third kappa shape index (κ3) is 1.46. The number of carbonyl (C=O) groups excluding carboxylic acids is 1. The molecule has 0 unspecified atom stereocenters. The average molecular weight is 213 g/mol. The summed E-state index contributed by atoms with van der Waals surface area (Å²) < 4.78 is 1.89. The minimum atomic E-state index is -0.0483. The monoisotopic (exact) mass is 213 g/mol. The molecule has 3 nitrogen and oxygen atoms in total. The van der Waals surface area contributed by atoms with Crippen molar-refractivity contribution >= 4 is 37.9 Å². The lowest BCUT2D eigenvalue weighted by molar-refractivity contribution is 0.101. The minimum Gasteiger partial charge on any atom is -0.499 e. The van der Waals surface area contributed by atoms with Crippen LogP contribution in [0.25, 0.3) is 9.40 Å². The molecule has 0 aliphatic carbocycles. The summed E-state index contributed by atoms with van der Waals surface area (Å²) in [5.74, 6) is -0.0483. The quantitative estimate of drug-likeness (QED) is 0.748. The van der Waals surface area contributed by atoms with E-state index in [0.717, 1.165) is 9.40 Å². The van der Waals surface area contributed by atoms with E-state index in [1.807, 2.05) is 0 Å². The third-order valence-corrected chi connectivity index (χ3v) is 3.79. The van der Waals surface area contributed by atoms with E-state index in [1.165, 1.54) is 22.7 Å². The summed E-state index contributed by atoms with van der Waals surface area (Å²) in [5.41, 5.74) is 5.24. The number of Topliss-reactive ketones (excluding diaryl/α,β-unsaturated/α-hetero) is 1. The lowest BCUT2D eigenvalue weighted by Gasteiger charge is -1.87. The Hall–Kier alpha value is -0.910. The van der Waals surface area contributed by atoms with Crippen LogP contribution in [0, 0.1) is 0 Å². The maximum atomic E-state index is 11.2. The summed E-state index contributed by atoms with van der Waals surface area (Å²) in [5, 5.41) is 9.43. The normalized spacial score (nSPS) is 10.8. The first-order valence-electron chi connectivity index (χ1n) is 3.66. The highest BCUT2D eigenvalue weighted by atomic mass is 32.1. The van der Waals surface area contributed by atoms with E-state index in [1.54, 1.807) is 12.1 Å². The number of nitrogens with two attached hydrogens (primary N) is 1. The summed E-state index contributed by atoms with van der Waals surface area (Å²) >= 11 is 2.65. The van der Waals surface area contributed by atoms with Crippen LogP contribution in [0.1, 0.15) is 9.67 Å². The summed E-state index contributed by atoms with van der Waals surface area (Å²) in [6, 6.07) is 3.44. The van der Waals surface area contributed by atoms with Gasteiger partial charge in [-0.15, -0.1) is 11.3 Å². The first-order valence-corrected chi connectivity index (χ1v) is 5.29. The van der Waals surface area contributed by atoms with E-state index >= 15 is 0 Å². The third-order valence-electron chi connectivity index (χ3n) is 1.65. The molecule has 13 heavy (non-hydrogen) atoms. The number of hydrogen-bond acceptors (Lipinski definition) is 5. The molecule has 0 saturated carbocycles. The van der Waals surface area contributed by atoms with Gasteiger partial charge in [-0.2, -0.15) is 0 Å². The molecule has 2 aromatic rings. The molecule has 68 valence electrons. The van der Waals surface area contributed by atoms with E-state index in [-0.39, 0.29) is 17.4 Å². The predicted molar refractivity (Wildman–Crippen MR) is 54.8 cm³/mol. The van der Waals surface area contributed by atoms with Crippen molar-refractivity contribution in [1.82, 2.24) is 0 Å². The Bertz CT molecular complexity index is 426. The van der Waals surface area contributed by atoms with Gasteiger partial charge in [-0.05, 0) is 6.07 Å². The molecule has 0 saturated heterocycles. The van der Waals surface area contributed by atoms with E-state index < -0.39 is 0 Å². The van der Waals surface area contributed by atoms with Crippen molar-refractivity contribution in [2.75, 3.05) is 6.54 Å². The number of thiophene rings is 2.